The van der Waals surface area contributed by atoms with E-state index in [4.69, 9.17) is 15.2 Å². The molecule has 2 aromatic carbocycles. The van der Waals surface area contributed by atoms with Gasteiger partial charge in [-0.3, -0.25) is 14.6 Å². The maximum atomic E-state index is 13.3. The first kappa shape index (κ1) is 33.2. The highest BCUT2D eigenvalue weighted by Crippen LogP contribution is 2.41. The molecule has 5 aromatic rings. The van der Waals surface area contributed by atoms with Gasteiger partial charge in [0.25, 0.3) is 5.91 Å². The molecule has 256 valence electrons. The summed E-state index contributed by atoms with van der Waals surface area (Å²) in [6, 6.07) is 15.7. The molecule has 2 saturated heterocycles. The average molecular weight is 680 g/mol. The number of carbonyl (C=O) groups excluding carboxylic acids is 1. The van der Waals surface area contributed by atoms with Crippen molar-refractivity contribution in [2.24, 2.45) is 7.05 Å². The van der Waals surface area contributed by atoms with Crippen molar-refractivity contribution >= 4 is 55.8 Å². The summed E-state index contributed by atoms with van der Waals surface area (Å²) >= 11 is 1.67. The van der Waals surface area contributed by atoms with Crippen LogP contribution in [-0.4, -0.2) is 109 Å². The molecule has 0 unspecified atom stereocenters. The van der Waals surface area contributed by atoms with Gasteiger partial charge in [-0.25, -0.2) is 4.98 Å². The summed E-state index contributed by atoms with van der Waals surface area (Å²) in [5.41, 5.74) is 11.7. The largest absolute Gasteiger partial charge is 0.495 e. The molecule has 10 nitrogen and oxygen atoms in total. The van der Waals surface area contributed by atoms with Gasteiger partial charge in [0, 0.05) is 91.2 Å². The molecule has 3 aromatic heterocycles. The van der Waals surface area contributed by atoms with Crippen molar-refractivity contribution < 1.29 is 14.3 Å². The molecule has 49 heavy (non-hydrogen) atoms. The monoisotopic (exact) mass is 679 g/mol. The number of thiophene rings is 1. The van der Waals surface area contributed by atoms with E-state index in [2.05, 4.69) is 42.5 Å². The minimum absolute atomic E-state index is 0.197. The number of benzene rings is 2. The smallest absolute Gasteiger partial charge is 0.272 e. The van der Waals surface area contributed by atoms with E-state index in [0.717, 1.165) is 96.7 Å². The number of morpholine rings is 1. The Hall–Kier alpha value is -4.26. The van der Waals surface area contributed by atoms with Gasteiger partial charge in [0.1, 0.15) is 17.3 Å². The number of aromatic nitrogens is 2. The van der Waals surface area contributed by atoms with Crippen LogP contribution in [0.2, 0.25) is 0 Å². The van der Waals surface area contributed by atoms with Crippen LogP contribution in [-0.2, 0) is 11.8 Å². The van der Waals surface area contributed by atoms with Crippen molar-refractivity contribution in [3.8, 4) is 16.9 Å². The maximum Gasteiger partial charge on any atom is 0.272 e. The van der Waals surface area contributed by atoms with Gasteiger partial charge in [-0.2, -0.15) is 0 Å². The van der Waals surface area contributed by atoms with Crippen molar-refractivity contribution in [1.29, 1.82) is 0 Å². The third kappa shape index (κ3) is 7.36. The maximum absolute atomic E-state index is 13.3. The van der Waals surface area contributed by atoms with Crippen molar-refractivity contribution in [1.82, 2.24) is 24.3 Å². The Morgan fingerprint density at radius 2 is 1.78 bits per heavy atom. The van der Waals surface area contributed by atoms with Crippen LogP contribution < -0.4 is 15.8 Å². The Labute approximate surface area is 291 Å². The topological polar surface area (TPSA) is 101 Å². The molecule has 11 heteroatoms. The molecule has 0 spiro atoms. The third-order valence-corrected chi connectivity index (χ3v) is 10.8. The summed E-state index contributed by atoms with van der Waals surface area (Å²) in [7, 11) is 3.51. The molecule has 5 heterocycles. The summed E-state index contributed by atoms with van der Waals surface area (Å²) in [5, 5.41) is 7.13. The number of aryl methyl sites for hydroxylation is 1. The molecule has 2 aliphatic heterocycles. The Bertz CT molecular complexity index is 1950. The number of nitrogens with zero attached hydrogens (tertiary/aromatic N) is 5. The molecule has 3 N–H and O–H groups in total. The number of anilines is 2. The van der Waals surface area contributed by atoms with E-state index >= 15 is 0 Å². The molecule has 2 aliphatic rings. The lowest BCUT2D eigenvalue weighted by atomic mass is 10.0. The number of hydrogen-bond donors (Lipinski definition) is 2. The fourth-order valence-corrected chi connectivity index (χ4v) is 8.02. The number of nitrogens with one attached hydrogen (secondary N) is 1. The molecular weight excluding hydrogens is 635 g/mol. The van der Waals surface area contributed by atoms with Gasteiger partial charge >= 0.3 is 0 Å². The number of hydrogen-bond acceptors (Lipinski definition) is 9. The van der Waals surface area contributed by atoms with Gasteiger partial charge in [0.05, 0.1) is 26.0 Å². The zero-order valence-electron chi connectivity index (χ0n) is 28.4. The number of amides is 1. The summed E-state index contributed by atoms with van der Waals surface area (Å²) < 4.78 is 14.2. The lowest BCUT2D eigenvalue weighted by Crippen LogP contribution is -2.47. The van der Waals surface area contributed by atoms with Gasteiger partial charge < -0.3 is 30.0 Å². The average Bonchev–Trinajstić information content (AvgIpc) is 3.73. The highest BCUT2D eigenvalue weighted by atomic mass is 32.1. The fraction of sp³-hybridized carbons (Fsp3) is 0.368. The van der Waals surface area contributed by atoms with E-state index in [0.29, 0.717) is 22.9 Å². The highest BCUT2D eigenvalue weighted by Gasteiger charge is 2.19. The quantitative estimate of drug-likeness (QED) is 0.185. The molecule has 0 atom stereocenters. The first-order chi connectivity index (χ1) is 24.0. The lowest BCUT2D eigenvalue weighted by molar-refractivity contribution is 0.0352. The van der Waals surface area contributed by atoms with Crippen LogP contribution in [0.15, 0.2) is 66.2 Å². The molecule has 0 radical (unpaired) electrons. The number of carbonyl (C=O) groups is 1. The summed E-state index contributed by atoms with van der Waals surface area (Å²) in [5.74, 6) is 0.876. The van der Waals surface area contributed by atoms with Crippen molar-refractivity contribution in [2.75, 3.05) is 90.3 Å². The predicted octanol–water partition coefficient (Wildman–Crippen LogP) is 5.65. The second-order valence-electron chi connectivity index (χ2n) is 12.8. The minimum Gasteiger partial charge on any atom is -0.495 e. The van der Waals surface area contributed by atoms with Gasteiger partial charge in [0.2, 0.25) is 0 Å². The van der Waals surface area contributed by atoms with E-state index in [1.807, 2.05) is 66.3 Å². The van der Waals surface area contributed by atoms with E-state index < -0.39 is 0 Å². The van der Waals surface area contributed by atoms with Crippen LogP contribution in [0, 0.1) is 0 Å². The van der Waals surface area contributed by atoms with Crippen LogP contribution in [0.25, 0.3) is 38.2 Å². The Balaban J connectivity index is 0.992. The van der Waals surface area contributed by atoms with Crippen LogP contribution >= 0.6 is 11.3 Å². The normalized spacial score (nSPS) is 16.6. The van der Waals surface area contributed by atoms with Gasteiger partial charge in [-0.15, -0.1) is 11.3 Å². The zero-order chi connectivity index (χ0) is 33.7. The number of fused-ring (bicyclic) bond motifs is 2. The molecular formula is C38H45N7O3S. The number of para-hydroxylation sites is 1. The molecule has 2 fully saturated rings. The second-order valence-corrected chi connectivity index (χ2v) is 13.7. The first-order valence-corrected chi connectivity index (χ1v) is 18.0. The predicted molar refractivity (Wildman–Crippen MR) is 201 cm³/mol. The number of nitrogens with two attached hydrogens (primary N) is 1. The highest BCUT2D eigenvalue weighted by molar-refractivity contribution is 7.18. The SMILES string of the molecule is COc1cc(-c2csc3c(C=CCN4CCN(CCCN5CCOCC5)CC4)cnc(N)c23)ccc1NC(=O)c1cc2ccccc2n1C. The van der Waals surface area contributed by atoms with Crippen LogP contribution in [0.3, 0.4) is 0 Å². The molecule has 0 aliphatic carbocycles. The molecule has 1 amide bonds. The third-order valence-electron chi connectivity index (χ3n) is 9.78. The summed E-state index contributed by atoms with van der Waals surface area (Å²) in [4.78, 5) is 25.5. The number of methoxy groups -OCH3 is 1. The van der Waals surface area contributed by atoms with E-state index in [9.17, 15) is 4.79 Å². The van der Waals surface area contributed by atoms with Crippen LogP contribution in [0.4, 0.5) is 11.5 Å². The van der Waals surface area contributed by atoms with Gasteiger partial charge in [-0.1, -0.05) is 36.4 Å². The number of pyridine rings is 1. The molecule has 0 saturated carbocycles. The molecule has 0 bridgehead atoms. The summed E-state index contributed by atoms with van der Waals surface area (Å²) in [6.45, 7) is 11.5. The van der Waals surface area contributed by atoms with Gasteiger partial charge in [0.15, 0.2) is 0 Å². The van der Waals surface area contributed by atoms with E-state index in [1.54, 1.807) is 18.4 Å². The fourth-order valence-electron chi connectivity index (χ4n) is 6.94. The van der Waals surface area contributed by atoms with Crippen LogP contribution in [0.1, 0.15) is 22.5 Å². The van der Waals surface area contributed by atoms with Crippen molar-refractivity contribution in [3.05, 3.63) is 77.4 Å². The Kier molecular flexibility index (Phi) is 10.2. The number of piperazine rings is 1. The van der Waals surface area contributed by atoms with E-state index in [1.165, 1.54) is 19.5 Å². The Morgan fingerprint density at radius 1 is 1.02 bits per heavy atom. The lowest BCUT2D eigenvalue weighted by Gasteiger charge is -2.34. The number of rotatable bonds is 11. The Morgan fingerprint density at radius 3 is 2.55 bits per heavy atom. The van der Waals surface area contributed by atoms with Crippen molar-refractivity contribution in [3.63, 3.8) is 0 Å². The number of ether oxygens (including phenoxy) is 2. The number of nitrogen functional groups attached to an aromatic ring is 1. The molecule has 7 rings (SSSR count). The zero-order valence-corrected chi connectivity index (χ0v) is 29.2. The summed E-state index contributed by atoms with van der Waals surface area (Å²) in [6.07, 6.45) is 7.52. The first-order valence-electron chi connectivity index (χ1n) is 17.1. The van der Waals surface area contributed by atoms with Crippen molar-refractivity contribution in [2.45, 2.75) is 6.42 Å². The van der Waals surface area contributed by atoms with E-state index in [-0.39, 0.29) is 5.91 Å². The van der Waals surface area contributed by atoms with Crippen LogP contribution in [0.5, 0.6) is 5.75 Å². The van der Waals surface area contributed by atoms with Gasteiger partial charge in [-0.05, 0) is 54.7 Å². The minimum atomic E-state index is -0.197. The standard InChI is InChI=1S/C38H45N7O3S/c1-42-32-9-4-3-7-28(32)23-33(42)38(46)41-31-11-10-27(24-34(31)47-2)30-26-49-36-29(25-40-37(39)35(30)36)8-5-12-43-15-17-44(18-16-43)13-6-14-45-19-21-48-22-20-45/h3-5,7-11,23-26H,6,12-22H2,1-2H3,(H2,39,40)(H,41,46). The second kappa shape index (κ2) is 15.1.